The molecule has 4 aliphatic rings. The molecule has 0 atom stereocenters. The number of amides is 1. The number of likely N-dealkylation sites (tertiary alicyclic amines) is 2. The maximum Gasteiger partial charge on any atom is 0.272 e. The average molecular weight is 516 g/mol. The lowest BCUT2D eigenvalue weighted by molar-refractivity contribution is 0.0298. The molecule has 9 heteroatoms. The first-order valence-corrected chi connectivity index (χ1v) is 14.4. The summed E-state index contributed by atoms with van der Waals surface area (Å²) in [6.45, 7) is 9.35. The van der Waals surface area contributed by atoms with E-state index in [0.29, 0.717) is 32.0 Å². The lowest BCUT2D eigenvalue weighted by Crippen LogP contribution is -2.41. The van der Waals surface area contributed by atoms with Crippen LogP contribution in [0.5, 0.6) is 0 Å². The minimum Gasteiger partial charge on any atom is -0.378 e. The van der Waals surface area contributed by atoms with Gasteiger partial charge in [-0.05, 0) is 44.8 Å². The van der Waals surface area contributed by atoms with Gasteiger partial charge in [0.1, 0.15) is 11.9 Å². The fourth-order valence-electron chi connectivity index (χ4n) is 5.36. The van der Waals surface area contributed by atoms with E-state index >= 15 is 0 Å². The van der Waals surface area contributed by atoms with Gasteiger partial charge in [-0.25, -0.2) is 4.39 Å². The Labute approximate surface area is 217 Å². The van der Waals surface area contributed by atoms with Crippen LogP contribution in [0.3, 0.4) is 0 Å². The van der Waals surface area contributed by atoms with Crippen molar-refractivity contribution in [3.05, 3.63) is 35.5 Å². The first-order chi connectivity index (χ1) is 17.7. The van der Waals surface area contributed by atoms with E-state index in [-0.39, 0.29) is 5.91 Å². The minimum atomic E-state index is -0.531. The summed E-state index contributed by atoms with van der Waals surface area (Å²) in [7, 11) is 0. The van der Waals surface area contributed by atoms with Gasteiger partial charge in [0.05, 0.1) is 18.9 Å². The highest BCUT2D eigenvalue weighted by molar-refractivity contribution is 7.98. The summed E-state index contributed by atoms with van der Waals surface area (Å²) < 4.78 is 18.2. The van der Waals surface area contributed by atoms with Crippen LogP contribution in [0.1, 0.15) is 48.2 Å². The number of thioether (sulfide) groups is 1. The van der Waals surface area contributed by atoms with Crippen molar-refractivity contribution >= 4 is 17.7 Å². The van der Waals surface area contributed by atoms with Gasteiger partial charge in [0.2, 0.25) is 0 Å². The van der Waals surface area contributed by atoms with Crippen molar-refractivity contribution in [1.82, 2.24) is 24.9 Å². The highest BCUT2D eigenvalue weighted by atomic mass is 32.2. The second kappa shape index (κ2) is 12.5. The molecule has 1 amide bonds. The van der Waals surface area contributed by atoms with Gasteiger partial charge in [-0.2, -0.15) is 5.10 Å². The van der Waals surface area contributed by atoms with E-state index in [4.69, 9.17) is 4.74 Å². The first kappa shape index (κ1) is 25.7. The molecular weight excluding hydrogens is 477 g/mol. The van der Waals surface area contributed by atoms with Gasteiger partial charge in [-0.3, -0.25) is 9.89 Å². The number of benzene rings is 1. The summed E-state index contributed by atoms with van der Waals surface area (Å²) in [5, 5.41) is 7.36. The van der Waals surface area contributed by atoms with E-state index in [1.807, 2.05) is 17.0 Å². The lowest BCUT2D eigenvalue weighted by atomic mass is 10.1. The van der Waals surface area contributed by atoms with Crippen molar-refractivity contribution in [1.29, 1.82) is 0 Å². The zero-order valence-electron chi connectivity index (χ0n) is 21.1. The van der Waals surface area contributed by atoms with Gasteiger partial charge in [-0.1, -0.05) is 24.6 Å². The highest BCUT2D eigenvalue weighted by Crippen LogP contribution is 2.41. The maximum absolute atomic E-state index is 12.9. The fourth-order valence-corrected chi connectivity index (χ4v) is 6.43. The number of aromatic amines is 1. The Morgan fingerprint density at radius 2 is 1.69 bits per heavy atom. The molecule has 0 unspecified atom stereocenters. The van der Waals surface area contributed by atoms with Crippen molar-refractivity contribution in [3.8, 4) is 11.3 Å². The smallest absolute Gasteiger partial charge is 0.272 e. The van der Waals surface area contributed by atoms with Crippen LogP contribution in [-0.2, 0) is 10.5 Å². The van der Waals surface area contributed by atoms with Crippen molar-refractivity contribution in [2.75, 3.05) is 65.6 Å². The molecule has 0 spiro atoms. The third kappa shape index (κ3) is 6.30. The van der Waals surface area contributed by atoms with Gasteiger partial charge in [0.15, 0.2) is 0 Å². The number of halogens is 1. The molecule has 1 aromatic heterocycles. The van der Waals surface area contributed by atoms with Crippen LogP contribution in [-0.4, -0.2) is 103 Å². The molecule has 1 aromatic carbocycles. The van der Waals surface area contributed by atoms with E-state index in [1.54, 1.807) is 11.8 Å². The molecule has 0 aliphatic carbocycles. The van der Waals surface area contributed by atoms with Gasteiger partial charge in [-0.15, -0.1) is 11.8 Å². The highest BCUT2D eigenvalue weighted by Gasteiger charge is 2.28. The second-order valence-corrected chi connectivity index (χ2v) is 11.1. The van der Waals surface area contributed by atoms with Gasteiger partial charge >= 0.3 is 0 Å². The Kier molecular flexibility index (Phi) is 8.95. The molecule has 0 bridgehead atoms. The van der Waals surface area contributed by atoms with E-state index in [9.17, 15) is 9.18 Å². The summed E-state index contributed by atoms with van der Waals surface area (Å²) in [4.78, 5) is 20.7. The third-order valence-corrected chi connectivity index (χ3v) is 8.69. The quantitative estimate of drug-likeness (QED) is 0.663. The standard InChI is InChI=1S/C15H15N3O2S.C12H23FN2/c19-15(18-5-7-20-8-6-18)14-11-9-21-12-4-2-1-3-10(12)13(11)16-17-14;13-12-4-8-15(9-5-12)11-10-14-6-2-1-3-7-14/h1-4H,5-9H2,(H,16,17);12H,1-11H2. The van der Waals surface area contributed by atoms with Gasteiger partial charge < -0.3 is 19.4 Å². The predicted molar refractivity (Wildman–Crippen MR) is 141 cm³/mol. The van der Waals surface area contributed by atoms with E-state index < -0.39 is 6.17 Å². The molecule has 196 valence electrons. The van der Waals surface area contributed by atoms with Gasteiger partial charge in [0, 0.05) is 61.0 Å². The summed E-state index contributed by atoms with van der Waals surface area (Å²) in [5.74, 6) is 0.820. The fraction of sp³-hybridized carbons (Fsp3) is 0.630. The molecule has 3 saturated heterocycles. The number of nitrogens with one attached hydrogen (secondary N) is 1. The maximum atomic E-state index is 12.9. The predicted octanol–water partition coefficient (Wildman–Crippen LogP) is 4.06. The molecule has 2 aromatic rings. The zero-order chi connectivity index (χ0) is 24.7. The van der Waals surface area contributed by atoms with Crippen molar-refractivity contribution in [2.45, 2.75) is 48.9 Å². The molecule has 4 aliphatic heterocycles. The number of morpholine rings is 1. The zero-order valence-corrected chi connectivity index (χ0v) is 21.9. The van der Waals surface area contributed by atoms with Crippen molar-refractivity contribution in [2.24, 2.45) is 0 Å². The van der Waals surface area contributed by atoms with Crippen LogP contribution in [0.15, 0.2) is 29.2 Å². The van der Waals surface area contributed by atoms with Crippen molar-refractivity contribution in [3.63, 3.8) is 0 Å². The van der Waals surface area contributed by atoms with E-state index in [0.717, 1.165) is 55.0 Å². The Bertz CT molecular complexity index is 998. The Morgan fingerprint density at radius 1 is 1.00 bits per heavy atom. The van der Waals surface area contributed by atoms with Crippen LogP contribution in [0.25, 0.3) is 11.3 Å². The molecule has 0 saturated carbocycles. The van der Waals surface area contributed by atoms with Gasteiger partial charge in [0.25, 0.3) is 5.91 Å². The number of H-pyrrole nitrogens is 1. The average Bonchev–Trinajstić information content (AvgIpc) is 3.39. The van der Waals surface area contributed by atoms with Crippen LogP contribution in [0.2, 0.25) is 0 Å². The summed E-state index contributed by atoms with van der Waals surface area (Å²) >= 11 is 1.76. The van der Waals surface area contributed by atoms with Crippen LogP contribution >= 0.6 is 11.8 Å². The number of carbonyl (C=O) groups is 1. The molecule has 6 rings (SSSR count). The first-order valence-electron chi connectivity index (χ1n) is 13.4. The topological polar surface area (TPSA) is 64.7 Å². The molecule has 1 N–H and O–H groups in total. The summed E-state index contributed by atoms with van der Waals surface area (Å²) in [6.07, 6.45) is 5.11. The number of carbonyl (C=O) groups excluding carboxylic acids is 1. The molecular formula is C27H38FN5O2S. The Hall–Kier alpha value is -1.94. The van der Waals surface area contributed by atoms with Crippen LogP contribution < -0.4 is 0 Å². The molecule has 7 nitrogen and oxygen atoms in total. The monoisotopic (exact) mass is 515 g/mol. The largest absolute Gasteiger partial charge is 0.378 e. The Balaban J connectivity index is 0.000000157. The number of aromatic nitrogens is 2. The van der Waals surface area contributed by atoms with Crippen LogP contribution in [0, 0.1) is 0 Å². The minimum absolute atomic E-state index is 0.0343. The number of ether oxygens (including phenoxy) is 1. The molecule has 0 radical (unpaired) electrons. The molecule has 3 fully saturated rings. The van der Waals surface area contributed by atoms with Crippen LogP contribution in [0.4, 0.5) is 4.39 Å². The number of nitrogens with zero attached hydrogens (tertiary/aromatic N) is 4. The lowest BCUT2D eigenvalue weighted by Gasteiger charge is -2.32. The third-order valence-electron chi connectivity index (χ3n) is 7.59. The normalized spacial score (nSPS) is 21.3. The number of hydrogen-bond acceptors (Lipinski definition) is 6. The SMILES string of the molecule is FC1CCN(CCN2CCCCC2)CC1.O=C(c1[nH]nc2c1CSc1ccccc1-2)N1CCOCC1. The number of rotatable bonds is 4. The van der Waals surface area contributed by atoms with Crippen molar-refractivity contribution < 1.29 is 13.9 Å². The number of alkyl halides is 1. The van der Waals surface area contributed by atoms with E-state index in [2.05, 4.69) is 32.1 Å². The number of hydrogen-bond donors (Lipinski definition) is 1. The second-order valence-electron chi connectivity index (χ2n) is 10.0. The Morgan fingerprint density at radius 3 is 2.44 bits per heavy atom. The molecule has 36 heavy (non-hydrogen) atoms. The number of fused-ring (bicyclic) bond motifs is 3. The summed E-state index contributed by atoms with van der Waals surface area (Å²) in [5.41, 5.74) is 3.69. The summed E-state index contributed by atoms with van der Waals surface area (Å²) in [6, 6.07) is 8.20. The van der Waals surface area contributed by atoms with E-state index in [1.165, 1.54) is 43.8 Å². The number of piperidine rings is 2. The molecule has 5 heterocycles.